The fraction of sp³-hybridized carbons (Fsp3) is 0.588. The summed E-state index contributed by atoms with van der Waals surface area (Å²) in [5.41, 5.74) is 0.780. The molecule has 1 aliphatic rings. The Bertz CT molecular complexity index is 430. The highest BCUT2D eigenvalue weighted by molar-refractivity contribution is 5.84. The third-order valence-electron chi connectivity index (χ3n) is 4.24. The van der Waals surface area contributed by atoms with Crippen LogP contribution in [-0.4, -0.2) is 12.2 Å². The van der Waals surface area contributed by atoms with Crippen molar-refractivity contribution in [2.75, 3.05) is 5.32 Å². The first-order valence-corrected chi connectivity index (χ1v) is 7.59. The van der Waals surface area contributed by atoms with Crippen molar-refractivity contribution < 1.29 is 9.53 Å². The number of carbonyl (C=O) groups is 1. The number of ether oxygens (including phenoxy) is 1. The molecule has 3 atom stereocenters. The van der Waals surface area contributed by atoms with E-state index < -0.39 is 0 Å². The van der Waals surface area contributed by atoms with Crippen LogP contribution < -0.4 is 5.32 Å². The highest BCUT2D eigenvalue weighted by Gasteiger charge is 2.33. The van der Waals surface area contributed by atoms with Gasteiger partial charge in [0.15, 0.2) is 0 Å². The molecule has 3 heteroatoms. The number of amides is 1. The molecule has 1 amide bonds. The van der Waals surface area contributed by atoms with Gasteiger partial charge < -0.3 is 4.74 Å². The Balaban J connectivity index is 1.94. The molecule has 0 aromatic heterocycles. The quantitative estimate of drug-likeness (QED) is 0.868. The van der Waals surface area contributed by atoms with Gasteiger partial charge in [0.1, 0.15) is 6.10 Å². The summed E-state index contributed by atoms with van der Waals surface area (Å²) in [5, 5.41) is 2.80. The Morgan fingerprint density at radius 3 is 2.60 bits per heavy atom. The van der Waals surface area contributed by atoms with Gasteiger partial charge in [-0.1, -0.05) is 45.4 Å². The van der Waals surface area contributed by atoms with Crippen molar-refractivity contribution in [1.29, 1.82) is 0 Å². The molecule has 20 heavy (non-hydrogen) atoms. The van der Waals surface area contributed by atoms with Crippen LogP contribution in [0.2, 0.25) is 0 Å². The number of hydrogen-bond donors (Lipinski definition) is 1. The lowest BCUT2D eigenvalue weighted by molar-refractivity contribution is 0.0126. The first-order chi connectivity index (χ1) is 9.56. The number of carbonyl (C=O) groups excluding carboxylic acids is 1. The minimum absolute atomic E-state index is 0.0439. The Kier molecular flexibility index (Phi) is 5.05. The summed E-state index contributed by atoms with van der Waals surface area (Å²) in [4.78, 5) is 12.0. The molecule has 2 rings (SSSR count). The summed E-state index contributed by atoms with van der Waals surface area (Å²) >= 11 is 0. The van der Waals surface area contributed by atoms with E-state index in [0.717, 1.165) is 18.5 Å². The number of nitrogens with one attached hydrogen (secondary N) is 1. The fourth-order valence-electron chi connectivity index (χ4n) is 3.06. The molecule has 3 unspecified atom stereocenters. The molecule has 1 saturated carbocycles. The molecule has 0 spiro atoms. The third-order valence-corrected chi connectivity index (χ3v) is 4.24. The largest absolute Gasteiger partial charge is 0.446 e. The van der Waals surface area contributed by atoms with Crippen LogP contribution in [0.25, 0.3) is 0 Å². The average molecular weight is 275 g/mol. The highest BCUT2D eigenvalue weighted by Crippen LogP contribution is 2.35. The predicted octanol–water partition coefficient (Wildman–Crippen LogP) is 4.70. The van der Waals surface area contributed by atoms with Gasteiger partial charge >= 0.3 is 6.09 Å². The lowest BCUT2D eigenvalue weighted by atomic mass is 9.75. The second-order valence-corrected chi connectivity index (χ2v) is 6.26. The van der Waals surface area contributed by atoms with E-state index in [1.807, 2.05) is 30.3 Å². The number of rotatable bonds is 3. The molecule has 1 aromatic rings. The van der Waals surface area contributed by atoms with Crippen molar-refractivity contribution in [1.82, 2.24) is 0 Å². The molecular formula is C17H25NO2. The van der Waals surface area contributed by atoms with Crippen LogP contribution in [0.3, 0.4) is 0 Å². The van der Waals surface area contributed by atoms with Gasteiger partial charge in [-0.2, -0.15) is 0 Å². The maximum absolute atomic E-state index is 12.0. The van der Waals surface area contributed by atoms with Gasteiger partial charge in [-0.25, -0.2) is 4.79 Å². The smallest absolute Gasteiger partial charge is 0.411 e. The van der Waals surface area contributed by atoms with Gasteiger partial charge in [0.25, 0.3) is 0 Å². The van der Waals surface area contributed by atoms with Crippen LogP contribution in [0.5, 0.6) is 0 Å². The summed E-state index contributed by atoms with van der Waals surface area (Å²) in [6, 6.07) is 9.45. The van der Waals surface area contributed by atoms with E-state index in [-0.39, 0.29) is 12.2 Å². The second kappa shape index (κ2) is 6.78. The molecule has 1 fully saturated rings. The lowest BCUT2D eigenvalue weighted by Gasteiger charge is -2.36. The minimum atomic E-state index is -0.332. The molecule has 3 nitrogen and oxygen atoms in total. The summed E-state index contributed by atoms with van der Waals surface area (Å²) in [7, 11) is 0. The maximum atomic E-state index is 12.0. The fourth-order valence-corrected chi connectivity index (χ4v) is 3.06. The minimum Gasteiger partial charge on any atom is -0.446 e. The molecule has 1 aliphatic carbocycles. The Hall–Kier alpha value is -1.51. The number of hydrogen-bond acceptors (Lipinski definition) is 2. The van der Waals surface area contributed by atoms with Crippen LogP contribution in [-0.2, 0) is 4.74 Å². The van der Waals surface area contributed by atoms with Crippen LogP contribution in [0, 0.1) is 17.8 Å². The van der Waals surface area contributed by atoms with Crippen molar-refractivity contribution in [3.63, 3.8) is 0 Å². The average Bonchev–Trinajstić information content (AvgIpc) is 2.39. The summed E-state index contributed by atoms with van der Waals surface area (Å²) < 4.78 is 5.69. The van der Waals surface area contributed by atoms with Crippen LogP contribution in [0.15, 0.2) is 30.3 Å². The number of para-hydroxylation sites is 1. The monoisotopic (exact) mass is 275 g/mol. The Labute approximate surface area is 121 Å². The lowest BCUT2D eigenvalue weighted by Crippen LogP contribution is -2.36. The SMILES string of the molecule is CC1CCC(C(C)C)C(OC(=O)Nc2ccccc2)C1. The molecule has 0 aliphatic heterocycles. The summed E-state index contributed by atoms with van der Waals surface area (Å²) in [5.74, 6) is 1.67. The zero-order valence-corrected chi connectivity index (χ0v) is 12.6. The number of benzene rings is 1. The number of anilines is 1. The Morgan fingerprint density at radius 2 is 1.95 bits per heavy atom. The van der Waals surface area contributed by atoms with Gasteiger partial charge in [0.2, 0.25) is 0 Å². The van der Waals surface area contributed by atoms with E-state index in [1.54, 1.807) is 0 Å². The molecule has 0 saturated heterocycles. The van der Waals surface area contributed by atoms with Gasteiger partial charge in [-0.15, -0.1) is 0 Å². The van der Waals surface area contributed by atoms with Gasteiger partial charge in [-0.3, -0.25) is 5.32 Å². The molecule has 0 bridgehead atoms. The van der Waals surface area contributed by atoms with Crippen molar-refractivity contribution >= 4 is 11.8 Å². The normalized spacial score (nSPS) is 26.3. The van der Waals surface area contributed by atoms with E-state index in [2.05, 4.69) is 26.1 Å². The summed E-state index contributed by atoms with van der Waals surface area (Å²) in [6.07, 6.45) is 3.08. The zero-order valence-electron chi connectivity index (χ0n) is 12.6. The first-order valence-electron chi connectivity index (χ1n) is 7.59. The van der Waals surface area contributed by atoms with Gasteiger partial charge in [0, 0.05) is 5.69 Å². The summed E-state index contributed by atoms with van der Waals surface area (Å²) in [6.45, 7) is 6.67. The van der Waals surface area contributed by atoms with E-state index in [0.29, 0.717) is 17.8 Å². The first kappa shape index (κ1) is 14.9. The van der Waals surface area contributed by atoms with E-state index >= 15 is 0 Å². The molecule has 0 heterocycles. The molecule has 0 radical (unpaired) electrons. The van der Waals surface area contributed by atoms with Crippen LogP contribution in [0.4, 0.5) is 10.5 Å². The van der Waals surface area contributed by atoms with Crippen LogP contribution in [0.1, 0.15) is 40.0 Å². The van der Waals surface area contributed by atoms with Crippen LogP contribution >= 0.6 is 0 Å². The molecule has 1 N–H and O–H groups in total. The van der Waals surface area contributed by atoms with Gasteiger partial charge in [-0.05, 0) is 42.7 Å². The van der Waals surface area contributed by atoms with Gasteiger partial charge in [0.05, 0.1) is 0 Å². The maximum Gasteiger partial charge on any atom is 0.411 e. The molecular weight excluding hydrogens is 250 g/mol. The van der Waals surface area contributed by atoms with E-state index in [9.17, 15) is 4.79 Å². The second-order valence-electron chi connectivity index (χ2n) is 6.26. The predicted molar refractivity (Wildman–Crippen MR) is 81.7 cm³/mol. The standard InChI is InChI=1S/C17H25NO2/c1-12(2)15-10-9-13(3)11-16(15)20-17(19)18-14-7-5-4-6-8-14/h4-8,12-13,15-16H,9-11H2,1-3H3,(H,18,19). The van der Waals surface area contributed by atoms with Crippen molar-refractivity contribution in [2.45, 2.75) is 46.1 Å². The molecule has 110 valence electrons. The Morgan fingerprint density at radius 1 is 1.25 bits per heavy atom. The van der Waals surface area contributed by atoms with Crippen molar-refractivity contribution in [3.8, 4) is 0 Å². The van der Waals surface area contributed by atoms with E-state index in [4.69, 9.17) is 4.74 Å². The van der Waals surface area contributed by atoms with Crippen molar-refractivity contribution in [3.05, 3.63) is 30.3 Å². The van der Waals surface area contributed by atoms with Crippen molar-refractivity contribution in [2.24, 2.45) is 17.8 Å². The topological polar surface area (TPSA) is 38.3 Å². The third kappa shape index (κ3) is 3.99. The molecule has 1 aromatic carbocycles. The zero-order chi connectivity index (χ0) is 14.5. The highest BCUT2D eigenvalue weighted by atomic mass is 16.6. The van der Waals surface area contributed by atoms with E-state index in [1.165, 1.54) is 6.42 Å².